The summed E-state index contributed by atoms with van der Waals surface area (Å²) >= 11 is 0. The number of aromatic nitrogens is 2. The SMILES string of the molecule is Cc1ncc(CCN)c(N2CCCCC2)n1. The summed E-state index contributed by atoms with van der Waals surface area (Å²) in [6, 6.07) is 0. The summed E-state index contributed by atoms with van der Waals surface area (Å²) < 4.78 is 0. The maximum Gasteiger partial charge on any atom is 0.135 e. The largest absolute Gasteiger partial charge is 0.356 e. The quantitative estimate of drug-likeness (QED) is 0.833. The molecular weight excluding hydrogens is 200 g/mol. The Kier molecular flexibility index (Phi) is 3.72. The number of aryl methyl sites for hydroxylation is 1. The van der Waals surface area contributed by atoms with Crippen LogP contribution in [0.15, 0.2) is 6.20 Å². The van der Waals surface area contributed by atoms with Crippen LogP contribution in [0.2, 0.25) is 0 Å². The lowest BCUT2D eigenvalue weighted by Crippen LogP contribution is -2.31. The zero-order valence-corrected chi connectivity index (χ0v) is 9.95. The molecule has 0 bridgehead atoms. The van der Waals surface area contributed by atoms with E-state index in [1.807, 2.05) is 13.1 Å². The normalized spacial score (nSPS) is 16.5. The molecule has 0 unspecified atom stereocenters. The minimum atomic E-state index is 0.660. The molecule has 0 saturated carbocycles. The minimum absolute atomic E-state index is 0.660. The number of anilines is 1. The highest BCUT2D eigenvalue weighted by molar-refractivity contribution is 5.46. The van der Waals surface area contributed by atoms with E-state index in [1.54, 1.807) is 0 Å². The molecule has 2 rings (SSSR count). The van der Waals surface area contributed by atoms with Crippen molar-refractivity contribution in [3.63, 3.8) is 0 Å². The zero-order valence-electron chi connectivity index (χ0n) is 9.95. The van der Waals surface area contributed by atoms with Crippen molar-refractivity contribution in [2.75, 3.05) is 24.5 Å². The predicted octanol–water partition coefficient (Wildman–Crippen LogP) is 1.28. The Bertz CT molecular complexity index is 345. The molecule has 1 aliphatic heterocycles. The summed E-state index contributed by atoms with van der Waals surface area (Å²) in [5.74, 6) is 1.96. The van der Waals surface area contributed by atoms with Crippen LogP contribution in [0.3, 0.4) is 0 Å². The molecule has 0 amide bonds. The van der Waals surface area contributed by atoms with Gasteiger partial charge in [0.15, 0.2) is 0 Å². The molecule has 1 fully saturated rings. The fraction of sp³-hybridized carbons (Fsp3) is 0.667. The van der Waals surface area contributed by atoms with Crippen LogP contribution in [0.4, 0.5) is 5.82 Å². The Morgan fingerprint density at radius 3 is 2.75 bits per heavy atom. The molecule has 1 aromatic heterocycles. The second kappa shape index (κ2) is 5.25. The maximum absolute atomic E-state index is 5.62. The van der Waals surface area contributed by atoms with E-state index in [2.05, 4.69) is 14.9 Å². The average Bonchev–Trinajstić information content (AvgIpc) is 2.33. The fourth-order valence-electron chi connectivity index (χ4n) is 2.19. The van der Waals surface area contributed by atoms with Crippen molar-refractivity contribution in [1.82, 2.24) is 9.97 Å². The second-order valence-electron chi connectivity index (χ2n) is 4.35. The molecule has 16 heavy (non-hydrogen) atoms. The van der Waals surface area contributed by atoms with Gasteiger partial charge >= 0.3 is 0 Å². The molecule has 2 N–H and O–H groups in total. The van der Waals surface area contributed by atoms with E-state index in [0.29, 0.717) is 6.54 Å². The Morgan fingerprint density at radius 2 is 2.06 bits per heavy atom. The number of piperidine rings is 1. The van der Waals surface area contributed by atoms with Crippen LogP contribution in [0.25, 0.3) is 0 Å². The lowest BCUT2D eigenvalue weighted by atomic mass is 10.1. The van der Waals surface area contributed by atoms with E-state index in [1.165, 1.54) is 24.8 Å². The molecule has 1 aliphatic rings. The van der Waals surface area contributed by atoms with E-state index >= 15 is 0 Å². The van der Waals surface area contributed by atoms with Crippen molar-refractivity contribution in [2.45, 2.75) is 32.6 Å². The highest BCUT2D eigenvalue weighted by Crippen LogP contribution is 2.21. The molecule has 0 aromatic carbocycles. The monoisotopic (exact) mass is 220 g/mol. The Labute approximate surface area is 96.9 Å². The Morgan fingerprint density at radius 1 is 1.31 bits per heavy atom. The molecular formula is C12H20N4. The maximum atomic E-state index is 5.62. The molecule has 4 nitrogen and oxygen atoms in total. The van der Waals surface area contributed by atoms with Crippen LogP contribution in [0.5, 0.6) is 0 Å². The summed E-state index contributed by atoms with van der Waals surface area (Å²) in [5.41, 5.74) is 6.81. The van der Waals surface area contributed by atoms with Gasteiger partial charge in [-0.2, -0.15) is 0 Å². The van der Waals surface area contributed by atoms with Crippen LogP contribution in [-0.2, 0) is 6.42 Å². The smallest absolute Gasteiger partial charge is 0.135 e. The average molecular weight is 220 g/mol. The number of nitrogens with two attached hydrogens (primary N) is 1. The van der Waals surface area contributed by atoms with Gasteiger partial charge in [0.25, 0.3) is 0 Å². The van der Waals surface area contributed by atoms with Gasteiger partial charge in [-0.3, -0.25) is 0 Å². The fourth-order valence-corrected chi connectivity index (χ4v) is 2.19. The van der Waals surface area contributed by atoms with E-state index < -0.39 is 0 Å². The molecule has 1 aromatic rings. The first-order chi connectivity index (χ1) is 7.81. The van der Waals surface area contributed by atoms with Gasteiger partial charge < -0.3 is 10.6 Å². The molecule has 0 atom stereocenters. The molecule has 0 spiro atoms. The standard InChI is InChI=1S/C12H20N4/c1-10-14-9-11(5-6-13)12(15-10)16-7-3-2-4-8-16/h9H,2-8,13H2,1H3. The third kappa shape index (κ3) is 2.50. The highest BCUT2D eigenvalue weighted by Gasteiger charge is 2.16. The van der Waals surface area contributed by atoms with Gasteiger partial charge in [0.2, 0.25) is 0 Å². The van der Waals surface area contributed by atoms with Crippen molar-refractivity contribution in [3.8, 4) is 0 Å². The van der Waals surface area contributed by atoms with E-state index in [9.17, 15) is 0 Å². The number of hydrogen-bond donors (Lipinski definition) is 1. The third-order valence-electron chi connectivity index (χ3n) is 3.03. The molecule has 2 heterocycles. The summed E-state index contributed by atoms with van der Waals surface area (Å²) in [5, 5.41) is 0. The topological polar surface area (TPSA) is 55.0 Å². The van der Waals surface area contributed by atoms with Gasteiger partial charge in [-0.05, 0) is 39.2 Å². The first-order valence-electron chi connectivity index (χ1n) is 6.09. The van der Waals surface area contributed by atoms with Gasteiger partial charge in [0.05, 0.1) is 0 Å². The van der Waals surface area contributed by atoms with Crippen LogP contribution in [0.1, 0.15) is 30.7 Å². The first-order valence-corrected chi connectivity index (χ1v) is 6.09. The summed E-state index contributed by atoms with van der Waals surface area (Å²) in [6.45, 7) is 4.84. The van der Waals surface area contributed by atoms with Gasteiger partial charge in [-0.25, -0.2) is 9.97 Å². The molecule has 0 aliphatic carbocycles. The summed E-state index contributed by atoms with van der Waals surface area (Å²) in [6.07, 6.45) is 6.67. The second-order valence-corrected chi connectivity index (χ2v) is 4.35. The van der Waals surface area contributed by atoms with E-state index in [4.69, 9.17) is 5.73 Å². The van der Waals surface area contributed by atoms with Crippen molar-refractivity contribution >= 4 is 5.82 Å². The van der Waals surface area contributed by atoms with Crippen LogP contribution in [0, 0.1) is 6.92 Å². The molecule has 1 saturated heterocycles. The summed E-state index contributed by atoms with van der Waals surface area (Å²) in [7, 11) is 0. The predicted molar refractivity (Wildman–Crippen MR) is 65.6 cm³/mol. The van der Waals surface area contributed by atoms with E-state index in [0.717, 1.165) is 31.2 Å². The van der Waals surface area contributed by atoms with Crippen molar-refractivity contribution < 1.29 is 0 Å². The third-order valence-corrected chi connectivity index (χ3v) is 3.03. The van der Waals surface area contributed by atoms with E-state index in [-0.39, 0.29) is 0 Å². The Balaban J connectivity index is 2.24. The minimum Gasteiger partial charge on any atom is -0.356 e. The van der Waals surface area contributed by atoms with Crippen molar-refractivity contribution in [2.24, 2.45) is 5.73 Å². The van der Waals surface area contributed by atoms with Crippen LogP contribution >= 0.6 is 0 Å². The van der Waals surface area contributed by atoms with Crippen molar-refractivity contribution in [1.29, 1.82) is 0 Å². The van der Waals surface area contributed by atoms with Gasteiger partial charge in [-0.15, -0.1) is 0 Å². The lowest BCUT2D eigenvalue weighted by molar-refractivity contribution is 0.570. The molecule has 88 valence electrons. The highest BCUT2D eigenvalue weighted by atomic mass is 15.2. The Hall–Kier alpha value is -1.16. The number of nitrogens with zero attached hydrogens (tertiary/aromatic N) is 3. The number of hydrogen-bond acceptors (Lipinski definition) is 4. The zero-order chi connectivity index (χ0) is 11.4. The first kappa shape index (κ1) is 11.3. The molecule has 0 radical (unpaired) electrons. The number of rotatable bonds is 3. The van der Waals surface area contributed by atoms with Gasteiger partial charge in [0, 0.05) is 24.8 Å². The summed E-state index contributed by atoms with van der Waals surface area (Å²) in [4.78, 5) is 11.2. The van der Waals surface area contributed by atoms with Crippen LogP contribution in [-0.4, -0.2) is 29.6 Å². The van der Waals surface area contributed by atoms with Crippen molar-refractivity contribution in [3.05, 3.63) is 17.6 Å². The lowest BCUT2D eigenvalue weighted by Gasteiger charge is -2.29. The molecule has 4 heteroatoms. The van der Waals surface area contributed by atoms with Gasteiger partial charge in [-0.1, -0.05) is 0 Å². The van der Waals surface area contributed by atoms with Crippen LogP contribution < -0.4 is 10.6 Å². The van der Waals surface area contributed by atoms with Gasteiger partial charge in [0.1, 0.15) is 11.6 Å².